The molecule has 0 saturated carbocycles. The minimum Gasteiger partial charge on any atom is -0.508 e. The van der Waals surface area contributed by atoms with E-state index in [9.17, 15) is 4.79 Å². The van der Waals surface area contributed by atoms with Gasteiger partial charge in [0.1, 0.15) is 11.5 Å². The topological polar surface area (TPSA) is 55.8 Å². The summed E-state index contributed by atoms with van der Waals surface area (Å²) in [6.07, 6.45) is 13.3. The maximum atomic E-state index is 10.8. The SMILES string of the molecule is C=CC(=O)OCCCCCCCc1ccc(C=[C]=[Co])cc1.CCCCCOc1ccc(O)cc1. The summed E-state index contributed by atoms with van der Waals surface area (Å²) in [7, 11) is 0. The largest absolute Gasteiger partial charge is 0.508 e. The maximum absolute atomic E-state index is 10.8. The van der Waals surface area contributed by atoms with Gasteiger partial charge in [0.15, 0.2) is 0 Å². The van der Waals surface area contributed by atoms with Crippen molar-refractivity contribution in [1.82, 2.24) is 0 Å². The Kier molecular flexibility index (Phi) is 17.2. The smallest absolute Gasteiger partial charge is 0.119 e. The second-order valence-corrected chi connectivity index (χ2v) is 8.22. The molecule has 0 aliphatic carbocycles. The van der Waals surface area contributed by atoms with Gasteiger partial charge >= 0.3 is 106 Å². The number of benzene rings is 2. The normalized spacial score (nSPS) is 9.82. The zero-order valence-corrected chi connectivity index (χ0v) is 21.3. The molecule has 0 atom stereocenters. The van der Waals surface area contributed by atoms with Crippen molar-refractivity contribution >= 4 is 16.7 Å². The van der Waals surface area contributed by atoms with Crippen molar-refractivity contribution in [2.75, 3.05) is 13.2 Å². The van der Waals surface area contributed by atoms with Crippen molar-refractivity contribution in [3.05, 3.63) is 72.3 Å². The number of esters is 1. The van der Waals surface area contributed by atoms with Gasteiger partial charge in [0.05, 0.1) is 13.2 Å². The van der Waals surface area contributed by atoms with Gasteiger partial charge in [0.2, 0.25) is 0 Å². The molecule has 0 amide bonds. The first-order valence-corrected chi connectivity index (χ1v) is 12.6. The number of phenolic OH excluding ortho intramolecular Hbond substituents is 1. The molecule has 2 aromatic rings. The number of rotatable bonds is 15. The monoisotopic (exact) mass is 509 g/mol. The summed E-state index contributed by atoms with van der Waals surface area (Å²) in [5.74, 6) is 0.776. The average Bonchev–Trinajstić information content (AvgIpc) is 2.86. The van der Waals surface area contributed by atoms with Crippen LogP contribution in [0, 0.1) is 0 Å². The fraction of sp³-hybridized carbons (Fsp3) is 0.414. The number of carbonyl (C=O) groups excluding carboxylic acids is 1. The molecule has 0 fully saturated rings. The quantitative estimate of drug-likeness (QED) is 0.162. The molecule has 4 nitrogen and oxygen atoms in total. The first kappa shape index (κ1) is 29.4. The van der Waals surface area contributed by atoms with Crippen molar-refractivity contribution < 1.29 is 34.7 Å². The van der Waals surface area contributed by atoms with Crippen LogP contribution in [-0.2, 0) is 31.3 Å². The molecule has 34 heavy (non-hydrogen) atoms. The maximum Gasteiger partial charge on any atom is 0.119 e. The van der Waals surface area contributed by atoms with Crippen LogP contribution in [0.5, 0.6) is 11.5 Å². The Bertz CT molecular complexity index is 853. The van der Waals surface area contributed by atoms with Crippen molar-refractivity contribution in [1.29, 1.82) is 0 Å². The number of hydrogen-bond acceptors (Lipinski definition) is 4. The van der Waals surface area contributed by atoms with E-state index in [4.69, 9.17) is 14.6 Å². The molecule has 0 saturated heterocycles. The number of carbonyl (C=O) groups is 1. The summed E-state index contributed by atoms with van der Waals surface area (Å²) in [6, 6.07) is 15.3. The van der Waals surface area contributed by atoms with E-state index in [-0.39, 0.29) is 11.7 Å². The first-order chi connectivity index (χ1) is 16.6. The molecule has 2 aromatic carbocycles. The van der Waals surface area contributed by atoms with Crippen LogP contribution in [0.3, 0.4) is 0 Å². The van der Waals surface area contributed by atoms with E-state index in [1.165, 1.54) is 43.7 Å². The third-order valence-corrected chi connectivity index (χ3v) is 5.22. The van der Waals surface area contributed by atoms with E-state index in [2.05, 4.69) is 57.7 Å². The first-order valence-electron chi connectivity index (χ1n) is 12.1. The molecule has 2 rings (SSSR count). The van der Waals surface area contributed by atoms with Crippen LogP contribution in [0.15, 0.2) is 61.2 Å². The van der Waals surface area contributed by atoms with Crippen molar-refractivity contribution in [3.8, 4) is 11.5 Å². The van der Waals surface area contributed by atoms with E-state index >= 15 is 0 Å². The van der Waals surface area contributed by atoms with Crippen molar-refractivity contribution in [2.45, 2.75) is 64.7 Å². The summed E-state index contributed by atoms with van der Waals surface area (Å²) >= 11 is 3.99. The van der Waals surface area contributed by atoms with E-state index in [1.54, 1.807) is 24.3 Å². The Hall–Kier alpha value is -2.59. The van der Waals surface area contributed by atoms with Crippen LogP contribution in [0.25, 0.3) is 6.08 Å². The molecule has 0 spiro atoms. The van der Waals surface area contributed by atoms with E-state index in [0.29, 0.717) is 6.61 Å². The number of unbranched alkanes of at least 4 members (excludes halogenated alkanes) is 6. The Morgan fingerprint density at radius 1 is 0.941 bits per heavy atom. The average molecular weight is 510 g/mol. The molecule has 1 N–H and O–H groups in total. The second kappa shape index (κ2) is 19.8. The Morgan fingerprint density at radius 2 is 1.59 bits per heavy atom. The van der Waals surface area contributed by atoms with Crippen LogP contribution in [0.4, 0.5) is 0 Å². The zero-order valence-electron chi connectivity index (χ0n) is 20.3. The zero-order chi connectivity index (χ0) is 24.9. The number of ether oxygens (including phenoxy) is 2. The van der Waals surface area contributed by atoms with Gasteiger partial charge in [-0.15, -0.1) is 0 Å². The molecule has 0 heterocycles. The van der Waals surface area contributed by atoms with Crippen molar-refractivity contribution in [3.63, 3.8) is 0 Å². The van der Waals surface area contributed by atoms with Gasteiger partial charge in [0, 0.05) is 6.08 Å². The van der Waals surface area contributed by atoms with Crippen LogP contribution in [0.1, 0.15) is 69.4 Å². The third kappa shape index (κ3) is 15.3. The van der Waals surface area contributed by atoms with Gasteiger partial charge in [-0.3, -0.25) is 0 Å². The van der Waals surface area contributed by atoms with Crippen LogP contribution in [0.2, 0.25) is 0 Å². The van der Waals surface area contributed by atoms with Gasteiger partial charge in [-0.1, -0.05) is 26.3 Å². The number of aryl methyl sites for hydroxylation is 1. The minimum absolute atomic E-state index is 0.279. The fourth-order valence-corrected chi connectivity index (χ4v) is 3.29. The predicted molar refractivity (Wildman–Crippen MR) is 137 cm³/mol. The van der Waals surface area contributed by atoms with E-state index in [1.807, 2.05) is 6.08 Å². The van der Waals surface area contributed by atoms with E-state index in [0.717, 1.165) is 43.6 Å². The molecule has 0 aliphatic rings. The van der Waals surface area contributed by atoms with Gasteiger partial charge in [-0.05, 0) is 30.7 Å². The molecular weight excluding hydrogens is 471 g/mol. The molecule has 0 aliphatic heterocycles. The van der Waals surface area contributed by atoms with Crippen LogP contribution < -0.4 is 4.74 Å². The van der Waals surface area contributed by atoms with E-state index < -0.39 is 0 Å². The molecule has 0 aromatic heterocycles. The Balaban J connectivity index is 0.000000380. The molecule has 187 valence electrons. The summed E-state index contributed by atoms with van der Waals surface area (Å²) in [5.41, 5.74) is 2.49. The van der Waals surface area contributed by atoms with Gasteiger partial charge < -0.3 is 14.6 Å². The van der Waals surface area contributed by atoms with Crippen LogP contribution >= 0.6 is 0 Å². The third-order valence-electron chi connectivity index (χ3n) is 5.07. The molecule has 5 heteroatoms. The molecule has 0 unspecified atom stereocenters. The number of hydrogen-bond donors (Lipinski definition) is 1. The number of aromatic hydroxyl groups is 1. The van der Waals surface area contributed by atoms with Gasteiger partial charge in [-0.2, -0.15) is 0 Å². The number of phenols is 1. The Labute approximate surface area is 212 Å². The predicted octanol–water partition coefficient (Wildman–Crippen LogP) is 6.83. The van der Waals surface area contributed by atoms with Crippen molar-refractivity contribution in [2.24, 2.45) is 0 Å². The second-order valence-electron chi connectivity index (χ2n) is 7.92. The summed E-state index contributed by atoms with van der Waals surface area (Å²) in [5, 5.41) is 9.01. The fourth-order valence-electron chi connectivity index (χ4n) is 3.11. The summed E-state index contributed by atoms with van der Waals surface area (Å²) < 4.78 is 13.1. The van der Waals surface area contributed by atoms with Gasteiger partial charge in [-0.25, -0.2) is 4.79 Å². The standard InChI is InChI=1S/C18H22O2.C11H16O2.Co/c1-3-16-11-13-17(14-12-16)10-8-6-5-7-9-15-20-18(19)4-2;1-2-3-4-9-13-11-7-5-10(12)6-8-11;/h3-4,11-14H,2,5-10,15H2;5-8,12H,2-4,9H2,1H3;. The molecule has 0 bridgehead atoms. The molecular formula is C29H38CoO4. The minimum atomic E-state index is -0.330. The van der Waals surface area contributed by atoms with Crippen LogP contribution in [-0.4, -0.2) is 28.9 Å². The molecule has 0 radical (unpaired) electrons. The van der Waals surface area contributed by atoms with Gasteiger partial charge in [0.25, 0.3) is 0 Å². The Morgan fingerprint density at radius 3 is 2.24 bits per heavy atom. The summed E-state index contributed by atoms with van der Waals surface area (Å²) in [4.78, 5) is 10.8. The summed E-state index contributed by atoms with van der Waals surface area (Å²) in [6.45, 7) is 6.79.